The topological polar surface area (TPSA) is 93.8 Å². The van der Waals surface area contributed by atoms with Gasteiger partial charge in [-0.05, 0) is 83.6 Å². The van der Waals surface area contributed by atoms with E-state index in [2.05, 4.69) is 14.9 Å². The number of amides is 2. The minimum Gasteiger partial charge on any atom is -0.444 e. The maximum absolute atomic E-state index is 15.7. The Bertz CT molecular complexity index is 1670. The number of pyridine rings is 2. The number of nitrogens with one attached hydrogen (secondary N) is 1. The SMILES string of the molecule is Cc1c(-c2cc3cccnc3n2CC2CC2)nn2cc(C(=O)N3C[C@H](F)CC[C@@H](NC(=O)OC(C)(C)C)C3)cc(F)c12. The number of likely N-dealkylation sites (tertiary alicyclic amines) is 1. The van der Waals surface area contributed by atoms with Gasteiger partial charge in [-0.3, -0.25) is 4.79 Å². The third-order valence-corrected chi connectivity index (χ3v) is 7.90. The van der Waals surface area contributed by atoms with Crippen LogP contribution in [0.3, 0.4) is 0 Å². The van der Waals surface area contributed by atoms with Crippen LogP contribution in [0.15, 0.2) is 36.7 Å². The third kappa shape index (κ3) is 5.69. The molecule has 1 N–H and O–H groups in total. The number of rotatable bonds is 5. The molecule has 1 aliphatic carbocycles. The van der Waals surface area contributed by atoms with Crippen LogP contribution < -0.4 is 5.32 Å². The van der Waals surface area contributed by atoms with Gasteiger partial charge in [0.25, 0.3) is 5.91 Å². The Morgan fingerprint density at radius 1 is 1.14 bits per heavy atom. The standard InChI is InChI=1S/C31H36F2N6O3/c1-18-26(25-13-20-6-5-11-34-28(20)38(25)14-19-7-8-19)36-39-15-21(12-24(33)27(18)39)29(40)37-16-22(32)9-10-23(17-37)35-30(41)42-31(2,3)4/h5-6,11-13,15,19,22-23H,7-10,14,16-17H2,1-4H3,(H,35,41)/t22-,23-/m1/s1. The summed E-state index contributed by atoms with van der Waals surface area (Å²) in [5.41, 5.74) is 2.64. The van der Waals surface area contributed by atoms with Crippen LogP contribution in [0.1, 0.15) is 62.4 Å². The van der Waals surface area contributed by atoms with E-state index in [1.165, 1.54) is 34.5 Å². The van der Waals surface area contributed by atoms with E-state index in [-0.39, 0.29) is 30.6 Å². The molecule has 2 atom stereocenters. The zero-order valence-electron chi connectivity index (χ0n) is 24.4. The quantitative estimate of drug-likeness (QED) is 0.329. The zero-order chi connectivity index (χ0) is 29.8. The molecule has 2 aliphatic rings. The average molecular weight is 579 g/mol. The summed E-state index contributed by atoms with van der Waals surface area (Å²) >= 11 is 0. The van der Waals surface area contributed by atoms with Gasteiger partial charge in [0, 0.05) is 42.5 Å². The molecular formula is C31H36F2N6O3. The number of hydrogen-bond acceptors (Lipinski definition) is 5. The molecule has 42 heavy (non-hydrogen) atoms. The molecule has 6 rings (SSSR count). The number of nitrogens with zero attached hydrogens (tertiary/aromatic N) is 5. The number of halogens is 2. The predicted molar refractivity (Wildman–Crippen MR) is 155 cm³/mol. The molecule has 0 bridgehead atoms. The maximum atomic E-state index is 15.7. The van der Waals surface area contributed by atoms with E-state index in [1.54, 1.807) is 27.0 Å². The molecule has 2 amide bonds. The summed E-state index contributed by atoms with van der Waals surface area (Å²) in [6.45, 7) is 7.83. The highest BCUT2D eigenvalue weighted by Gasteiger charge is 2.31. The lowest BCUT2D eigenvalue weighted by Crippen LogP contribution is -2.46. The smallest absolute Gasteiger partial charge is 0.407 e. The Balaban J connectivity index is 1.31. The Morgan fingerprint density at radius 2 is 1.93 bits per heavy atom. The second-order valence-electron chi connectivity index (χ2n) is 12.6. The molecular weight excluding hydrogens is 542 g/mol. The summed E-state index contributed by atoms with van der Waals surface area (Å²) in [6.07, 6.45) is 4.24. The fraction of sp³-hybridized carbons (Fsp3) is 0.484. The molecule has 5 heterocycles. The van der Waals surface area contributed by atoms with Gasteiger partial charge in [0.05, 0.1) is 17.8 Å². The lowest BCUT2D eigenvalue weighted by molar-refractivity contribution is 0.0482. The second-order valence-corrected chi connectivity index (χ2v) is 12.6. The summed E-state index contributed by atoms with van der Waals surface area (Å²) in [4.78, 5) is 31.9. The highest BCUT2D eigenvalue weighted by atomic mass is 19.1. The molecule has 2 fully saturated rings. The minimum atomic E-state index is -1.27. The molecule has 11 heteroatoms. The van der Waals surface area contributed by atoms with Crippen LogP contribution in [0.25, 0.3) is 27.9 Å². The number of hydrogen-bond donors (Lipinski definition) is 1. The molecule has 9 nitrogen and oxygen atoms in total. The number of alkyl carbamates (subject to hydrolysis) is 1. The molecule has 0 aromatic carbocycles. The summed E-state index contributed by atoms with van der Waals surface area (Å²) in [5, 5.41) is 8.49. The molecule has 1 saturated carbocycles. The van der Waals surface area contributed by atoms with Crippen molar-refractivity contribution in [2.24, 2.45) is 5.92 Å². The van der Waals surface area contributed by atoms with Gasteiger partial charge in [-0.25, -0.2) is 23.1 Å². The lowest BCUT2D eigenvalue weighted by atomic mass is 10.1. The van der Waals surface area contributed by atoms with Crippen LogP contribution in [0.5, 0.6) is 0 Å². The van der Waals surface area contributed by atoms with Crippen LogP contribution >= 0.6 is 0 Å². The second kappa shape index (κ2) is 10.7. The van der Waals surface area contributed by atoms with Crippen molar-refractivity contribution in [1.82, 2.24) is 29.4 Å². The van der Waals surface area contributed by atoms with Crippen molar-refractivity contribution < 1.29 is 23.1 Å². The van der Waals surface area contributed by atoms with E-state index >= 15 is 4.39 Å². The predicted octanol–water partition coefficient (Wildman–Crippen LogP) is 5.68. The Hall–Kier alpha value is -4.02. The minimum absolute atomic E-state index is 0.0550. The fourth-order valence-electron chi connectivity index (χ4n) is 5.74. The fourth-order valence-corrected chi connectivity index (χ4v) is 5.74. The van der Waals surface area contributed by atoms with Crippen LogP contribution in [-0.2, 0) is 11.3 Å². The van der Waals surface area contributed by atoms with Gasteiger partial charge in [0.2, 0.25) is 0 Å². The summed E-state index contributed by atoms with van der Waals surface area (Å²) < 4.78 is 39.3. The number of aryl methyl sites for hydroxylation is 1. The highest BCUT2D eigenvalue weighted by molar-refractivity contribution is 5.95. The molecule has 0 spiro atoms. The van der Waals surface area contributed by atoms with Crippen LogP contribution in [0.4, 0.5) is 13.6 Å². The molecule has 1 aliphatic heterocycles. The average Bonchev–Trinajstić information content (AvgIpc) is 3.62. The van der Waals surface area contributed by atoms with Gasteiger partial charge in [-0.1, -0.05) is 0 Å². The first-order valence-electron chi connectivity index (χ1n) is 14.5. The number of carbonyl (C=O) groups excluding carboxylic acids is 2. The maximum Gasteiger partial charge on any atom is 0.407 e. The number of aromatic nitrogens is 4. The van der Waals surface area contributed by atoms with Crippen molar-refractivity contribution in [1.29, 1.82) is 0 Å². The van der Waals surface area contributed by atoms with Gasteiger partial charge in [0.15, 0.2) is 0 Å². The van der Waals surface area contributed by atoms with Gasteiger partial charge in [-0.15, -0.1) is 0 Å². The lowest BCUT2D eigenvalue weighted by Gasteiger charge is -2.27. The first kappa shape index (κ1) is 28.1. The number of carbonyl (C=O) groups is 2. The Kier molecular flexibility index (Phi) is 7.14. The van der Waals surface area contributed by atoms with E-state index in [0.29, 0.717) is 23.6 Å². The normalized spacial score (nSPS) is 19.7. The zero-order valence-corrected chi connectivity index (χ0v) is 24.4. The van der Waals surface area contributed by atoms with Crippen molar-refractivity contribution in [2.45, 2.75) is 77.7 Å². The monoisotopic (exact) mass is 578 g/mol. The molecule has 1 saturated heterocycles. The molecule has 0 unspecified atom stereocenters. The van der Waals surface area contributed by atoms with E-state index in [4.69, 9.17) is 9.84 Å². The Labute approximate surface area is 242 Å². The van der Waals surface area contributed by atoms with E-state index in [1.807, 2.05) is 25.1 Å². The van der Waals surface area contributed by atoms with E-state index < -0.39 is 35.6 Å². The molecule has 4 aromatic rings. The molecule has 222 valence electrons. The van der Waals surface area contributed by atoms with Gasteiger partial charge >= 0.3 is 6.09 Å². The first-order valence-corrected chi connectivity index (χ1v) is 14.5. The van der Waals surface area contributed by atoms with Crippen molar-refractivity contribution in [3.05, 3.63) is 53.6 Å². The van der Waals surface area contributed by atoms with Crippen LogP contribution in [0.2, 0.25) is 0 Å². The number of fused-ring (bicyclic) bond motifs is 2. The summed E-state index contributed by atoms with van der Waals surface area (Å²) in [7, 11) is 0. The number of alkyl halides is 1. The van der Waals surface area contributed by atoms with Crippen molar-refractivity contribution in [2.75, 3.05) is 13.1 Å². The van der Waals surface area contributed by atoms with Crippen LogP contribution in [-0.4, -0.2) is 67.0 Å². The molecule has 0 radical (unpaired) electrons. The summed E-state index contributed by atoms with van der Waals surface area (Å²) in [6, 6.07) is 6.60. The van der Waals surface area contributed by atoms with Gasteiger partial charge in [0.1, 0.15) is 34.4 Å². The summed E-state index contributed by atoms with van der Waals surface area (Å²) in [5.74, 6) is -0.533. The van der Waals surface area contributed by atoms with E-state index in [9.17, 15) is 14.0 Å². The first-order chi connectivity index (χ1) is 20.0. The number of ether oxygens (including phenoxy) is 1. The van der Waals surface area contributed by atoms with Gasteiger partial charge in [-0.2, -0.15) is 5.10 Å². The van der Waals surface area contributed by atoms with Gasteiger partial charge < -0.3 is 19.5 Å². The van der Waals surface area contributed by atoms with Crippen molar-refractivity contribution in [3.63, 3.8) is 0 Å². The third-order valence-electron chi connectivity index (χ3n) is 7.90. The highest BCUT2D eigenvalue weighted by Crippen LogP contribution is 2.37. The molecule has 4 aromatic heterocycles. The largest absolute Gasteiger partial charge is 0.444 e. The van der Waals surface area contributed by atoms with Crippen LogP contribution in [0, 0.1) is 18.7 Å². The van der Waals surface area contributed by atoms with Crippen molar-refractivity contribution in [3.8, 4) is 11.4 Å². The van der Waals surface area contributed by atoms with E-state index in [0.717, 1.165) is 23.3 Å². The Morgan fingerprint density at radius 3 is 2.67 bits per heavy atom. The van der Waals surface area contributed by atoms with Crippen molar-refractivity contribution >= 4 is 28.6 Å².